The van der Waals surface area contributed by atoms with E-state index in [-0.39, 0.29) is 17.6 Å². The Kier molecular flexibility index (Phi) is 5.75. The van der Waals surface area contributed by atoms with Crippen LogP contribution >= 0.6 is 0 Å². The van der Waals surface area contributed by atoms with Crippen LogP contribution in [0.3, 0.4) is 0 Å². The molecule has 0 aliphatic heterocycles. The number of non-ortho nitro benzene ring substituents is 1. The zero-order valence-corrected chi connectivity index (χ0v) is 12.8. The summed E-state index contributed by atoms with van der Waals surface area (Å²) in [6, 6.07) is 6.09. The first kappa shape index (κ1) is 16.3. The summed E-state index contributed by atoms with van der Waals surface area (Å²) in [5.41, 5.74) is -0.0473. The van der Waals surface area contributed by atoms with E-state index in [0.29, 0.717) is 5.75 Å². The fraction of sp³-hybridized carbons (Fsp3) is 0.562. The van der Waals surface area contributed by atoms with Crippen molar-refractivity contribution in [3.8, 4) is 5.75 Å². The normalized spacial score (nSPS) is 17.3. The molecule has 1 aliphatic carbocycles. The smallest absolute Gasteiger partial charge is 0.273 e. The van der Waals surface area contributed by atoms with E-state index in [1.54, 1.807) is 19.1 Å². The van der Waals surface area contributed by atoms with Crippen molar-refractivity contribution in [1.29, 1.82) is 0 Å². The second-order valence-electron chi connectivity index (χ2n) is 5.71. The number of amides is 1. The van der Waals surface area contributed by atoms with Crippen LogP contribution < -0.4 is 10.1 Å². The predicted octanol–water partition coefficient (Wildman–Crippen LogP) is 3.20. The van der Waals surface area contributed by atoms with Crippen molar-refractivity contribution in [2.75, 3.05) is 0 Å². The van der Waals surface area contributed by atoms with Crippen molar-refractivity contribution < 1.29 is 14.5 Å². The van der Waals surface area contributed by atoms with Crippen LogP contribution in [-0.2, 0) is 4.79 Å². The summed E-state index contributed by atoms with van der Waals surface area (Å²) in [6.07, 6.45) is 6.09. The van der Waals surface area contributed by atoms with E-state index in [1.807, 2.05) is 0 Å². The molecule has 1 aromatic carbocycles. The van der Waals surface area contributed by atoms with Gasteiger partial charge in [0.2, 0.25) is 0 Å². The van der Waals surface area contributed by atoms with Crippen LogP contribution in [0.25, 0.3) is 0 Å². The first-order valence-corrected chi connectivity index (χ1v) is 7.78. The van der Waals surface area contributed by atoms with E-state index in [9.17, 15) is 14.9 Å². The van der Waals surface area contributed by atoms with Crippen LogP contribution in [0.15, 0.2) is 24.3 Å². The molecule has 0 heterocycles. The van der Waals surface area contributed by atoms with Gasteiger partial charge in [-0.1, -0.05) is 31.7 Å². The van der Waals surface area contributed by atoms with E-state index >= 15 is 0 Å². The van der Waals surface area contributed by atoms with E-state index < -0.39 is 11.0 Å². The standard InChI is InChI=1S/C16H22N2O4/c1-12(16(19)17-13-7-4-2-3-5-8-13)22-15-10-6-9-14(11-15)18(20)21/h6,9-13H,2-5,7-8H2,1H3,(H,17,19)/t12-/m0/s1. The highest BCUT2D eigenvalue weighted by Crippen LogP contribution is 2.21. The minimum absolute atomic E-state index is 0.0473. The summed E-state index contributed by atoms with van der Waals surface area (Å²) in [5, 5.41) is 13.8. The molecule has 2 rings (SSSR count). The molecule has 6 heteroatoms. The number of ether oxygens (including phenoxy) is 1. The highest BCUT2D eigenvalue weighted by atomic mass is 16.6. The molecular formula is C16H22N2O4. The quantitative estimate of drug-likeness (QED) is 0.514. The molecule has 1 aliphatic rings. The zero-order chi connectivity index (χ0) is 15.9. The summed E-state index contributed by atoms with van der Waals surface area (Å²) in [5.74, 6) is 0.163. The number of nitrogens with one attached hydrogen (secondary N) is 1. The van der Waals surface area contributed by atoms with Gasteiger partial charge in [-0.25, -0.2) is 0 Å². The third kappa shape index (κ3) is 4.72. The largest absolute Gasteiger partial charge is 0.481 e. The molecule has 120 valence electrons. The predicted molar refractivity (Wildman–Crippen MR) is 82.8 cm³/mol. The molecule has 1 fully saturated rings. The Morgan fingerprint density at radius 2 is 2.00 bits per heavy atom. The monoisotopic (exact) mass is 306 g/mol. The molecule has 1 aromatic rings. The fourth-order valence-corrected chi connectivity index (χ4v) is 2.67. The zero-order valence-electron chi connectivity index (χ0n) is 12.8. The number of nitrogens with zero attached hydrogens (tertiary/aromatic N) is 1. The molecule has 1 amide bonds. The number of nitro benzene ring substituents is 1. The van der Waals surface area contributed by atoms with E-state index in [2.05, 4.69) is 5.32 Å². The Morgan fingerprint density at radius 1 is 1.32 bits per heavy atom. The molecule has 0 aromatic heterocycles. The van der Waals surface area contributed by atoms with Crippen LogP contribution in [0, 0.1) is 10.1 Å². The Bertz CT molecular complexity index is 525. The minimum Gasteiger partial charge on any atom is -0.481 e. The summed E-state index contributed by atoms with van der Waals surface area (Å²) in [7, 11) is 0. The maximum atomic E-state index is 12.2. The summed E-state index contributed by atoms with van der Waals surface area (Å²) in [6.45, 7) is 1.66. The topological polar surface area (TPSA) is 81.5 Å². The average Bonchev–Trinajstić information content (AvgIpc) is 2.76. The van der Waals surface area contributed by atoms with Gasteiger partial charge < -0.3 is 10.1 Å². The lowest BCUT2D eigenvalue weighted by molar-refractivity contribution is -0.384. The van der Waals surface area contributed by atoms with Crippen molar-refractivity contribution in [2.24, 2.45) is 0 Å². The lowest BCUT2D eigenvalue weighted by atomic mass is 10.1. The van der Waals surface area contributed by atoms with Gasteiger partial charge in [0.15, 0.2) is 6.10 Å². The first-order valence-electron chi connectivity index (χ1n) is 7.78. The number of nitro groups is 1. The number of hydrogen-bond donors (Lipinski definition) is 1. The second kappa shape index (κ2) is 7.77. The molecule has 6 nitrogen and oxygen atoms in total. The first-order chi connectivity index (χ1) is 10.6. The van der Waals surface area contributed by atoms with Gasteiger partial charge >= 0.3 is 0 Å². The van der Waals surface area contributed by atoms with Crippen molar-refractivity contribution in [3.63, 3.8) is 0 Å². The van der Waals surface area contributed by atoms with Gasteiger partial charge in [-0.15, -0.1) is 0 Å². The Balaban J connectivity index is 1.90. The summed E-state index contributed by atoms with van der Waals surface area (Å²) >= 11 is 0. The highest BCUT2D eigenvalue weighted by Gasteiger charge is 2.20. The molecule has 1 saturated carbocycles. The Morgan fingerprint density at radius 3 is 2.64 bits per heavy atom. The van der Waals surface area contributed by atoms with Crippen molar-refractivity contribution >= 4 is 11.6 Å². The maximum absolute atomic E-state index is 12.2. The van der Waals surface area contributed by atoms with Crippen LogP contribution in [0.5, 0.6) is 5.75 Å². The number of carbonyl (C=O) groups excluding carboxylic acids is 1. The van der Waals surface area contributed by atoms with Crippen molar-refractivity contribution in [1.82, 2.24) is 5.32 Å². The van der Waals surface area contributed by atoms with E-state index in [1.165, 1.54) is 25.0 Å². The lowest BCUT2D eigenvalue weighted by Crippen LogP contribution is -2.42. The number of hydrogen-bond acceptors (Lipinski definition) is 4. The highest BCUT2D eigenvalue weighted by molar-refractivity contribution is 5.81. The summed E-state index contributed by atoms with van der Waals surface area (Å²) in [4.78, 5) is 22.4. The van der Waals surface area contributed by atoms with Crippen LogP contribution in [0.1, 0.15) is 45.4 Å². The van der Waals surface area contributed by atoms with Crippen LogP contribution in [0.2, 0.25) is 0 Å². The van der Waals surface area contributed by atoms with E-state index in [0.717, 1.165) is 25.7 Å². The minimum atomic E-state index is -0.676. The van der Waals surface area contributed by atoms with Gasteiger partial charge in [-0.2, -0.15) is 0 Å². The van der Waals surface area contributed by atoms with Gasteiger partial charge in [-0.3, -0.25) is 14.9 Å². The van der Waals surface area contributed by atoms with Gasteiger partial charge in [0, 0.05) is 12.1 Å². The second-order valence-corrected chi connectivity index (χ2v) is 5.71. The number of carbonyl (C=O) groups is 1. The van der Waals surface area contributed by atoms with Gasteiger partial charge in [0.1, 0.15) is 5.75 Å². The summed E-state index contributed by atoms with van der Waals surface area (Å²) < 4.78 is 5.52. The lowest BCUT2D eigenvalue weighted by Gasteiger charge is -2.20. The molecule has 0 unspecified atom stereocenters. The van der Waals surface area contributed by atoms with Crippen LogP contribution in [-0.4, -0.2) is 23.0 Å². The van der Waals surface area contributed by atoms with Crippen LogP contribution in [0.4, 0.5) is 5.69 Å². The Hall–Kier alpha value is -2.11. The van der Waals surface area contributed by atoms with Crippen molar-refractivity contribution in [3.05, 3.63) is 34.4 Å². The molecule has 0 radical (unpaired) electrons. The van der Waals surface area contributed by atoms with Gasteiger partial charge in [0.05, 0.1) is 11.0 Å². The number of rotatable bonds is 5. The maximum Gasteiger partial charge on any atom is 0.273 e. The third-order valence-corrected chi connectivity index (χ3v) is 3.91. The number of benzene rings is 1. The molecular weight excluding hydrogens is 284 g/mol. The molecule has 0 bridgehead atoms. The molecule has 22 heavy (non-hydrogen) atoms. The van der Waals surface area contributed by atoms with E-state index in [4.69, 9.17) is 4.74 Å². The molecule has 1 atom stereocenters. The fourth-order valence-electron chi connectivity index (χ4n) is 2.67. The molecule has 0 spiro atoms. The van der Waals surface area contributed by atoms with Gasteiger partial charge in [0.25, 0.3) is 11.6 Å². The van der Waals surface area contributed by atoms with Gasteiger partial charge in [-0.05, 0) is 25.8 Å². The molecule has 0 saturated heterocycles. The average molecular weight is 306 g/mol. The Labute approximate surface area is 130 Å². The molecule has 1 N–H and O–H groups in total. The third-order valence-electron chi connectivity index (χ3n) is 3.91. The SMILES string of the molecule is C[C@H](Oc1cccc([N+](=O)[O-])c1)C(=O)NC1CCCCCC1. The van der Waals surface area contributed by atoms with Crippen molar-refractivity contribution in [2.45, 2.75) is 57.6 Å².